The molecule has 1 heterocycles. The molecule has 1 aromatic carbocycles. The van der Waals surface area contributed by atoms with E-state index in [1.807, 2.05) is 6.92 Å². The first-order valence-electron chi connectivity index (χ1n) is 5.85. The molecule has 0 amide bonds. The number of aromatic nitrogens is 1. The number of pyridine rings is 1. The molecule has 0 N–H and O–H groups in total. The quantitative estimate of drug-likeness (QED) is 0.866. The summed E-state index contributed by atoms with van der Waals surface area (Å²) in [6.07, 6.45) is -3.05. The number of halogens is 3. The Morgan fingerprint density at radius 3 is 2.35 bits per heavy atom. The SMILES string of the molecule is Cc1ccn(Cc2ccc(OC(F)(F)F)cc2)c(=O)c1. The van der Waals surface area contributed by atoms with Gasteiger partial charge in [0.05, 0.1) is 6.54 Å². The summed E-state index contributed by atoms with van der Waals surface area (Å²) in [5, 5.41) is 0. The van der Waals surface area contributed by atoms with Crippen molar-refractivity contribution in [2.24, 2.45) is 0 Å². The first-order valence-corrected chi connectivity index (χ1v) is 5.85. The number of nitrogens with zero attached hydrogens (tertiary/aromatic N) is 1. The molecule has 6 heteroatoms. The molecule has 0 aliphatic heterocycles. The van der Waals surface area contributed by atoms with Crippen LogP contribution >= 0.6 is 0 Å². The normalized spacial score (nSPS) is 11.4. The van der Waals surface area contributed by atoms with Gasteiger partial charge in [0.25, 0.3) is 5.56 Å². The minimum Gasteiger partial charge on any atom is -0.406 e. The molecule has 0 unspecified atom stereocenters. The summed E-state index contributed by atoms with van der Waals surface area (Å²) in [5.41, 5.74) is 1.42. The molecule has 0 bridgehead atoms. The smallest absolute Gasteiger partial charge is 0.406 e. The third-order valence-corrected chi connectivity index (χ3v) is 2.66. The third-order valence-electron chi connectivity index (χ3n) is 2.66. The largest absolute Gasteiger partial charge is 0.573 e. The van der Waals surface area contributed by atoms with Crippen molar-refractivity contribution in [1.29, 1.82) is 0 Å². The van der Waals surface area contributed by atoms with Crippen LogP contribution in [0.15, 0.2) is 47.4 Å². The molecular formula is C14H12F3NO2. The van der Waals surface area contributed by atoms with E-state index in [0.29, 0.717) is 12.1 Å². The Labute approximate surface area is 113 Å². The van der Waals surface area contributed by atoms with Crippen molar-refractivity contribution in [3.63, 3.8) is 0 Å². The molecule has 0 atom stereocenters. The molecule has 0 saturated heterocycles. The van der Waals surface area contributed by atoms with Crippen LogP contribution in [0.5, 0.6) is 5.75 Å². The van der Waals surface area contributed by atoms with E-state index in [-0.39, 0.29) is 11.3 Å². The van der Waals surface area contributed by atoms with E-state index < -0.39 is 6.36 Å². The van der Waals surface area contributed by atoms with Crippen LogP contribution in [0.3, 0.4) is 0 Å². The van der Waals surface area contributed by atoms with Gasteiger partial charge in [0.1, 0.15) is 5.75 Å². The van der Waals surface area contributed by atoms with Crippen LogP contribution in [0.25, 0.3) is 0 Å². The van der Waals surface area contributed by atoms with E-state index in [2.05, 4.69) is 4.74 Å². The van der Waals surface area contributed by atoms with Crippen LogP contribution < -0.4 is 10.3 Å². The van der Waals surface area contributed by atoms with Gasteiger partial charge in [0, 0.05) is 12.3 Å². The second kappa shape index (κ2) is 5.40. The van der Waals surface area contributed by atoms with E-state index in [4.69, 9.17) is 0 Å². The zero-order valence-corrected chi connectivity index (χ0v) is 10.6. The third kappa shape index (κ3) is 3.88. The Bertz CT molecular complexity index is 645. The highest BCUT2D eigenvalue weighted by molar-refractivity contribution is 5.27. The lowest BCUT2D eigenvalue weighted by Gasteiger charge is -2.10. The summed E-state index contributed by atoms with van der Waals surface area (Å²) in [5.74, 6) is -0.280. The fraction of sp³-hybridized carbons (Fsp3) is 0.214. The highest BCUT2D eigenvalue weighted by Gasteiger charge is 2.30. The zero-order valence-electron chi connectivity index (χ0n) is 10.6. The van der Waals surface area contributed by atoms with Crippen molar-refractivity contribution < 1.29 is 17.9 Å². The van der Waals surface area contributed by atoms with E-state index >= 15 is 0 Å². The standard InChI is InChI=1S/C14H12F3NO2/c1-10-6-7-18(13(19)8-10)9-11-2-4-12(5-3-11)20-14(15,16)17/h2-8H,9H2,1H3. The van der Waals surface area contributed by atoms with Crippen LogP contribution in [0.4, 0.5) is 13.2 Å². The van der Waals surface area contributed by atoms with Crippen LogP contribution in [0.1, 0.15) is 11.1 Å². The fourth-order valence-corrected chi connectivity index (χ4v) is 1.73. The second-order valence-electron chi connectivity index (χ2n) is 4.36. The summed E-state index contributed by atoms with van der Waals surface area (Å²) < 4.78 is 41.3. The van der Waals surface area contributed by atoms with Gasteiger partial charge in [-0.05, 0) is 36.2 Å². The Balaban J connectivity index is 2.13. The van der Waals surface area contributed by atoms with Crippen LogP contribution in [-0.2, 0) is 6.54 Å². The minimum absolute atomic E-state index is 0.152. The molecule has 0 fully saturated rings. The highest BCUT2D eigenvalue weighted by atomic mass is 19.4. The predicted octanol–water partition coefficient (Wildman–Crippen LogP) is 3.10. The van der Waals surface area contributed by atoms with Crippen LogP contribution in [0, 0.1) is 6.92 Å². The molecule has 0 spiro atoms. The molecular weight excluding hydrogens is 271 g/mol. The highest BCUT2D eigenvalue weighted by Crippen LogP contribution is 2.22. The fourth-order valence-electron chi connectivity index (χ4n) is 1.73. The van der Waals surface area contributed by atoms with Gasteiger partial charge >= 0.3 is 6.36 Å². The number of hydrogen-bond donors (Lipinski definition) is 0. The van der Waals surface area contributed by atoms with Gasteiger partial charge in [-0.15, -0.1) is 13.2 Å². The molecule has 0 aliphatic carbocycles. The van der Waals surface area contributed by atoms with Gasteiger partial charge in [-0.1, -0.05) is 12.1 Å². The van der Waals surface area contributed by atoms with Crippen LogP contribution in [-0.4, -0.2) is 10.9 Å². The van der Waals surface area contributed by atoms with Crippen molar-refractivity contribution in [1.82, 2.24) is 4.57 Å². The lowest BCUT2D eigenvalue weighted by molar-refractivity contribution is -0.274. The molecule has 2 aromatic rings. The maximum absolute atomic E-state index is 12.0. The maximum Gasteiger partial charge on any atom is 0.573 e. The lowest BCUT2D eigenvalue weighted by Crippen LogP contribution is -2.19. The first-order chi connectivity index (χ1) is 9.33. The Morgan fingerprint density at radius 1 is 1.15 bits per heavy atom. The van der Waals surface area contributed by atoms with E-state index in [9.17, 15) is 18.0 Å². The number of alkyl halides is 3. The molecule has 3 nitrogen and oxygen atoms in total. The van der Waals surface area contributed by atoms with Crippen molar-refractivity contribution in [2.45, 2.75) is 19.8 Å². The summed E-state index contributed by atoms with van der Waals surface area (Å²) in [4.78, 5) is 11.7. The zero-order chi connectivity index (χ0) is 14.8. The average molecular weight is 283 g/mol. The minimum atomic E-state index is -4.70. The first kappa shape index (κ1) is 14.2. The van der Waals surface area contributed by atoms with Gasteiger partial charge < -0.3 is 9.30 Å². The Kier molecular flexibility index (Phi) is 3.83. The van der Waals surface area contributed by atoms with Crippen molar-refractivity contribution in [3.8, 4) is 5.75 Å². The molecule has 0 radical (unpaired) electrons. The molecule has 0 saturated carbocycles. The molecule has 106 valence electrons. The number of rotatable bonds is 3. The van der Waals surface area contributed by atoms with Gasteiger partial charge in [-0.25, -0.2) is 0 Å². The molecule has 1 aromatic heterocycles. The van der Waals surface area contributed by atoms with Gasteiger partial charge in [0.2, 0.25) is 0 Å². The van der Waals surface area contributed by atoms with E-state index in [0.717, 1.165) is 5.56 Å². The van der Waals surface area contributed by atoms with Crippen LogP contribution in [0.2, 0.25) is 0 Å². The number of benzene rings is 1. The average Bonchev–Trinajstić information content (AvgIpc) is 2.33. The van der Waals surface area contributed by atoms with E-state index in [1.54, 1.807) is 12.3 Å². The van der Waals surface area contributed by atoms with Gasteiger partial charge in [-0.2, -0.15) is 0 Å². The molecule has 2 rings (SSSR count). The van der Waals surface area contributed by atoms with E-state index in [1.165, 1.54) is 34.9 Å². The predicted molar refractivity (Wildman–Crippen MR) is 67.7 cm³/mol. The van der Waals surface area contributed by atoms with Gasteiger partial charge in [-0.3, -0.25) is 4.79 Å². The second-order valence-corrected chi connectivity index (χ2v) is 4.36. The summed E-state index contributed by atoms with van der Waals surface area (Å²) in [6.45, 7) is 2.11. The molecule has 20 heavy (non-hydrogen) atoms. The number of hydrogen-bond acceptors (Lipinski definition) is 2. The number of ether oxygens (including phenoxy) is 1. The Morgan fingerprint density at radius 2 is 1.80 bits per heavy atom. The van der Waals surface area contributed by atoms with Gasteiger partial charge in [0.15, 0.2) is 0 Å². The monoisotopic (exact) mass is 283 g/mol. The van der Waals surface area contributed by atoms with Crippen molar-refractivity contribution in [2.75, 3.05) is 0 Å². The topological polar surface area (TPSA) is 31.2 Å². The van der Waals surface area contributed by atoms with Crippen molar-refractivity contribution in [3.05, 3.63) is 64.1 Å². The lowest BCUT2D eigenvalue weighted by atomic mass is 10.2. The summed E-state index contributed by atoms with van der Waals surface area (Å²) in [7, 11) is 0. The van der Waals surface area contributed by atoms with Crippen molar-refractivity contribution >= 4 is 0 Å². The summed E-state index contributed by atoms with van der Waals surface area (Å²) in [6, 6.07) is 8.73. The Hall–Kier alpha value is -2.24. The maximum atomic E-state index is 12.0. The summed E-state index contributed by atoms with van der Waals surface area (Å²) >= 11 is 0. The molecule has 0 aliphatic rings. The number of aryl methyl sites for hydroxylation is 1.